The number of fused-ring (bicyclic) bond motifs is 1. The molecule has 0 aliphatic heterocycles. The molecular weight excluding hydrogens is 328 g/mol. The lowest BCUT2D eigenvalue weighted by Crippen LogP contribution is -2.49. The number of halogens is 1. The van der Waals surface area contributed by atoms with E-state index in [9.17, 15) is 8.42 Å². The Morgan fingerprint density at radius 2 is 1.95 bits per heavy atom. The Kier molecular flexibility index (Phi) is 4.95. The van der Waals surface area contributed by atoms with Crippen molar-refractivity contribution in [3.8, 4) is 0 Å². The minimum absolute atomic E-state index is 0.518. The lowest BCUT2D eigenvalue weighted by Gasteiger charge is -2.25. The predicted molar refractivity (Wildman–Crippen MR) is 90.6 cm³/mol. The molecule has 0 saturated heterocycles. The summed E-state index contributed by atoms with van der Waals surface area (Å²) >= 11 is 8.03. The van der Waals surface area contributed by atoms with Gasteiger partial charge in [0, 0.05) is 33.6 Å². The van der Waals surface area contributed by atoms with Gasteiger partial charge in [-0.25, -0.2) is 13.1 Å². The fourth-order valence-electron chi connectivity index (χ4n) is 2.20. The Morgan fingerprint density at radius 3 is 2.57 bits per heavy atom. The van der Waals surface area contributed by atoms with Crippen LogP contribution in [0.2, 0.25) is 5.02 Å². The topological polar surface area (TPSA) is 58.2 Å². The fourth-order valence-corrected chi connectivity index (χ4v) is 4.75. The van der Waals surface area contributed by atoms with E-state index in [2.05, 4.69) is 10.0 Å². The molecule has 2 N–H and O–H groups in total. The minimum Gasteiger partial charge on any atom is -0.310 e. The van der Waals surface area contributed by atoms with Crippen molar-refractivity contribution in [3.63, 3.8) is 0 Å². The number of rotatable bonds is 6. The van der Waals surface area contributed by atoms with Crippen LogP contribution in [0, 0.1) is 0 Å². The molecule has 7 heteroatoms. The molecule has 21 heavy (non-hydrogen) atoms. The van der Waals surface area contributed by atoms with Crippen LogP contribution in [0.4, 0.5) is 0 Å². The molecule has 0 bridgehead atoms. The van der Waals surface area contributed by atoms with Crippen LogP contribution in [0.15, 0.2) is 24.3 Å². The molecule has 0 aliphatic carbocycles. The highest BCUT2D eigenvalue weighted by Gasteiger charge is 2.21. The van der Waals surface area contributed by atoms with E-state index < -0.39 is 15.6 Å². The van der Waals surface area contributed by atoms with Gasteiger partial charge in [-0.1, -0.05) is 29.8 Å². The highest BCUT2D eigenvalue weighted by molar-refractivity contribution is 7.88. The maximum Gasteiger partial charge on any atom is 0.209 e. The van der Waals surface area contributed by atoms with Gasteiger partial charge in [-0.05, 0) is 19.9 Å². The van der Waals surface area contributed by atoms with Crippen LogP contribution < -0.4 is 10.0 Å². The predicted octanol–water partition coefficient (Wildman–Crippen LogP) is 2.97. The van der Waals surface area contributed by atoms with Crippen molar-refractivity contribution < 1.29 is 8.42 Å². The molecule has 2 aromatic rings. The minimum atomic E-state index is -3.22. The summed E-state index contributed by atoms with van der Waals surface area (Å²) in [5, 5.41) is 5.10. The zero-order chi connectivity index (χ0) is 15.7. The van der Waals surface area contributed by atoms with Crippen molar-refractivity contribution in [3.05, 3.63) is 34.2 Å². The largest absolute Gasteiger partial charge is 0.310 e. The van der Waals surface area contributed by atoms with Gasteiger partial charge in [0.2, 0.25) is 10.0 Å². The van der Waals surface area contributed by atoms with Crippen LogP contribution in [-0.2, 0) is 16.6 Å². The number of nitrogens with one attached hydrogen (secondary N) is 2. The third kappa shape index (κ3) is 4.66. The lowest BCUT2D eigenvalue weighted by molar-refractivity contribution is 0.422. The summed E-state index contributed by atoms with van der Waals surface area (Å²) in [5.41, 5.74) is -0.545. The Balaban J connectivity index is 2.01. The zero-order valence-electron chi connectivity index (χ0n) is 12.2. The summed E-state index contributed by atoms with van der Waals surface area (Å²) < 4.78 is 26.4. The molecule has 0 unspecified atom stereocenters. The van der Waals surface area contributed by atoms with Gasteiger partial charge in [0.1, 0.15) is 0 Å². The average molecular weight is 347 g/mol. The van der Waals surface area contributed by atoms with Gasteiger partial charge in [0.15, 0.2) is 0 Å². The van der Waals surface area contributed by atoms with Gasteiger partial charge in [-0.2, -0.15) is 0 Å². The maximum absolute atomic E-state index is 11.3. The lowest BCUT2D eigenvalue weighted by atomic mass is 10.1. The first-order valence-electron chi connectivity index (χ1n) is 6.53. The fraction of sp³-hybridized carbons (Fsp3) is 0.429. The number of benzene rings is 1. The van der Waals surface area contributed by atoms with E-state index in [1.165, 1.54) is 0 Å². The van der Waals surface area contributed by atoms with Crippen molar-refractivity contribution in [2.75, 3.05) is 12.8 Å². The highest BCUT2D eigenvalue weighted by Crippen LogP contribution is 2.34. The number of thiophene rings is 1. The second kappa shape index (κ2) is 6.22. The summed E-state index contributed by atoms with van der Waals surface area (Å²) in [6, 6.07) is 8.01. The van der Waals surface area contributed by atoms with E-state index in [4.69, 9.17) is 11.6 Å². The zero-order valence-corrected chi connectivity index (χ0v) is 14.6. The monoisotopic (exact) mass is 346 g/mol. The Labute approximate surface area is 134 Å². The van der Waals surface area contributed by atoms with Crippen LogP contribution >= 0.6 is 22.9 Å². The number of sulfonamides is 1. The van der Waals surface area contributed by atoms with Gasteiger partial charge in [-0.3, -0.25) is 0 Å². The molecular formula is C14H19ClN2O2S2. The standard InChI is InChI=1S/C14H19ClN2O2S2/c1-14(2,17-21(3,18)19)9-16-8-12-13(15)10-6-4-5-7-11(10)20-12/h4-7,16-17H,8-9H2,1-3H3. The van der Waals surface area contributed by atoms with Crippen LogP contribution in [0.1, 0.15) is 18.7 Å². The molecule has 1 heterocycles. The molecule has 0 saturated carbocycles. The van der Waals surface area contributed by atoms with Crippen molar-refractivity contribution in [2.45, 2.75) is 25.9 Å². The van der Waals surface area contributed by atoms with Crippen LogP contribution in [0.3, 0.4) is 0 Å². The summed E-state index contributed by atoms with van der Waals surface area (Å²) in [7, 11) is -3.22. The van der Waals surface area contributed by atoms with Crippen molar-refractivity contribution in [1.82, 2.24) is 10.0 Å². The second-order valence-corrected chi connectivity index (χ2v) is 8.96. The third-order valence-electron chi connectivity index (χ3n) is 2.92. The molecule has 0 amide bonds. The van der Waals surface area contributed by atoms with E-state index >= 15 is 0 Å². The van der Waals surface area contributed by atoms with Gasteiger partial charge in [-0.15, -0.1) is 11.3 Å². The number of hydrogen-bond acceptors (Lipinski definition) is 4. The molecule has 2 rings (SSSR count). The van der Waals surface area contributed by atoms with Gasteiger partial charge < -0.3 is 5.32 Å². The van der Waals surface area contributed by atoms with Crippen molar-refractivity contribution in [1.29, 1.82) is 0 Å². The molecule has 4 nitrogen and oxygen atoms in total. The van der Waals surface area contributed by atoms with Gasteiger partial charge in [0.05, 0.1) is 11.3 Å². The SMILES string of the molecule is CC(C)(CNCc1sc2ccccc2c1Cl)NS(C)(=O)=O. The first kappa shape index (κ1) is 16.7. The van der Waals surface area contributed by atoms with Crippen LogP contribution in [0.25, 0.3) is 10.1 Å². The van der Waals surface area contributed by atoms with E-state index in [1.807, 2.05) is 38.1 Å². The smallest absolute Gasteiger partial charge is 0.209 e. The molecule has 1 aromatic heterocycles. The van der Waals surface area contributed by atoms with Crippen molar-refractivity contribution >= 4 is 43.0 Å². The molecule has 1 aromatic carbocycles. The Bertz CT molecular complexity index is 739. The molecule has 116 valence electrons. The van der Waals surface area contributed by atoms with Gasteiger partial charge >= 0.3 is 0 Å². The Morgan fingerprint density at radius 1 is 1.29 bits per heavy atom. The highest BCUT2D eigenvalue weighted by atomic mass is 35.5. The number of hydrogen-bond donors (Lipinski definition) is 2. The summed E-state index contributed by atoms with van der Waals surface area (Å²) in [6.07, 6.45) is 1.16. The van der Waals surface area contributed by atoms with Gasteiger partial charge in [0.25, 0.3) is 0 Å². The van der Waals surface area contributed by atoms with Crippen LogP contribution in [-0.4, -0.2) is 26.8 Å². The first-order valence-corrected chi connectivity index (χ1v) is 9.62. The maximum atomic E-state index is 11.3. The van der Waals surface area contributed by atoms with Crippen LogP contribution in [0.5, 0.6) is 0 Å². The van der Waals surface area contributed by atoms with E-state index in [0.29, 0.717) is 13.1 Å². The second-order valence-electron chi connectivity index (χ2n) is 5.70. The quantitative estimate of drug-likeness (QED) is 0.845. The first-order chi connectivity index (χ1) is 9.68. The average Bonchev–Trinajstić information content (AvgIpc) is 2.64. The molecule has 0 radical (unpaired) electrons. The molecule has 0 aliphatic rings. The molecule has 0 fully saturated rings. The molecule has 0 spiro atoms. The van der Waals surface area contributed by atoms with E-state index in [-0.39, 0.29) is 0 Å². The normalized spacial score (nSPS) is 13.0. The third-order valence-corrected chi connectivity index (χ3v) is 5.55. The summed E-state index contributed by atoms with van der Waals surface area (Å²) in [5.74, 6) is 0. The Hall–Kier alpha value is -0.660. The summed E-state index contributed by atoms with van der Waals surface area (Å²) in [6.45, 7) is 4.82. The van der Waals surface area contributed by atoms with E-state index in [0.717, 1.165) is 26.2 Å². The molecule has 0 atom stereocenters. The summed E-state index contributed by atoms with van der Waals surface area (Å²) in [4.78, 5) is 1.06. The van der Waals surface area contributed by atoms with Crippen molar-refractivity contribution in [2.24, 2.45) is 0 Å². The van der Waals surface area contributed by atoms with E-state index in [1.54, 1.807) is 11.3 Å².